The van der Waals surface area contributed by atoms with Gasteiger partial charge in [0.05, 0.1) is 152 Å². The molecule has 0 bridgehead atoms. The molecular formula is C69H91Au2Br2N4O16+. The van der Waals surface area contributed by atoms with Gasteiger partial charge in [0, 0.05) is 56.7 Å². The molecule has 1 aliphatic heterocycles. The van der Waals surface area contributed by atoms with E-state index in [4.69, 9.17) is 75.8 Å². The van der Waals surface area contributed by atoms with Crippen molar-refractivity contribution in [3.05, 3.63) is 150 Å². The van der Waals surface area contributed by atoms with E-state index in [-0.39, 0.29) is 6.61 Å². The third kappa shape index (κ3) is 26.7. The predicted molar refractivity (Wildman–Crippen MR) is 356 cm³/mol. The number of nitrogens with zero attached hydrogens (tertiary/aromatic N) is 4. The molecule has 1 aromatic heterocycles. The molecule has 1 unspecified atom stereocenters. The number of hydrogen-bond donors (Lipinski definition) is 0. The van der Waals surface area contributed by atoms with Crippen molar-refractivity contribution in [1.82, 2.24) is 9.05 Å². The number of fused-ring (bicyclic) bond motifs is 3. The van der Waals surface area contributed by atoms with Crippen LogP contribution in [0.2, 0.25) is 0 Å². The van der Waals surface area contributed by atoms with Gasteiger partial charge < -0.3 is 89.5 Å². The molecule has 0 aliphatic carbocycles. The number of halogens is 2. The number of aromatic nitrogens is 2. The Morgan fingerprint density at radius 1 is 0.419 bits per heavy atom. The Hall–Kier alpha value is -4.16. The Balaban J connectivity index is 0.00000336. The SMILES string of the molecule is COCCOCCOCCOc1cc2c(cc1OCCOCCOCCOC)[N+](C)(Cc1ccccc1)[C-]=[N+]2Cc1cccc2cccc(Cn3[c-][n+](Cc4ccccc4)c4cc(OCCOCCOCCOC)c(OCCOCCOCCOC)cc43)c12.[Br][Au].[Br][Au]. The first-order valence-electron chi connectivity index (χ1n) is 30.9. The van der Waals surface area contributed by atoms with Gasteiger partial charge in [0.2, 0.25) is 6.33 Å². The Morgan fingerprint density at radius 2 is 0.817 bits per heavy atom. The molecule has 0 amide bonds. The number of benzene rings is 6. The normalized spacial score (nSPS) is 13.3. The number of ether oxygens (including phenoxy) is 16. The Kier molecular flexibility index (Phi) is 39.3. The summed E-state index contributed by atoms with van der Waals surface area (Å²) in [4.78, 5) is 0. The molecule has 2 heterocycles. The van der Waals surface area contributed by atoms with Crippen LogP contribution in [0, 0.1) is 6.33 Å². The molecule has 0 spiro atoms. The maximum absolute atomic E-state index is 6.57. The van der Waals surface area contributed by atoms with Crippen LogP contribution in [0.1, 0.15) is 22.3 Å². The minimum absolute atomic E-state index is 0.289. The van der Waals surface area contributed by atoms with Gasteiger partial charge in [-0.2, -0.15) is 0 Å². The number of imidazole rings is 1. The number of methoxy groups -OCH3 is 4. The summed E-state index contributed by atoms with van der Waals surface area (Å²) >= 11 is 9.94. The molecule has 0 saturated carbocycles. The third-order valence-electron chi connectivity index (χ3n) is 14.5. The molecule has 0 radical (unpaired) electrons. The van der Waals surface area contributed by atoms with Crippen LogP contribution in [0.15, 0.2) is 121 Å². The second-order valence-corrected chi connectivity index (χ2v) is 21.1. The molecule has 20 nitrogen and oxygen atoms in total. The average Bonchev–Trinajstić information content (AvgIpc) is 1.63. The van der Waals surface area contributed by atoms with Crippen molar-refractivity contribution < 1.29 is 123 Å². The van der Waals surface area contributed by atoms with Crippen molar-refractivity contribution in [2.45, 2.75) is 26.2 Å². The molecule has 1 aliphatic rings. The van der Waals surface area contributed by atoms with Crippen LogP contribution in [-0.2, 0) is 121 Å². The fourth-order valence-electron chi connectivity index (χ4n) is 10.2. The summed E-state index contributed by atoms with van der Waals surface area (Å²) in [5.74, 6) is 2.35. The van der Waals surface area contributed by atoms with E-state index in [2.05, 4.69) is 200 Å². The summed E-state index contributed by atoms with van der Waals surface area (Å²) in [5, 5.41) is 2.25. The van der Waals surface area contributed by atoms with Crippen molar-refractivity contribution in [2.75, 3.05) is 194 Å². The van der Waals surface area contributed by atoms with E-state index in [1.165, 1.54) is 5.56 Å². The monoisotopic (exact) mass is 1780 g/mol. The van der Waals surface area contributed by atoms with Crippen LogP contribution >= 0.6 is 26.0 Å². The molecule has 1 atom stereocenters. The van der Waals surface area contributed by atoms with E-state index >= 15 is 0 Å². The van der Waals surface area contributed by atoms with E-state index in [1.54, 1.807) is 28.4 Å². The molecule has 24 heteroatoms. The van der Waals surface area contributed by atoms with Gasteiger partial charge in [-0.3, -0.25) is 4.48 Å². The van der Waals surface area contributed by atoms with E-state index in [9.17, 15) is 0 Å². The van der Waals surface area contributed by atoms with Gasteiger partial charge in [-0.05, 0) is 40.1 Å². The first-order valence-corrected chi connectivity index (χ1v) is 40.4. The maximum atomic E-state index is 6.57. The van der Waals surface area contributed by atoms with E-state index in [0.717, 1.165) is 49.9 Å². The van der Waals surface area contributed by atoms with Gasteiger partial charge in [-0.25, -0.2) is 0 Å². The van der Waals surface area contributed by atoms with Crippen LogP contribution < -0.4 is 28.0 Å². The van der Waals surface area contributed by atoms with Gasteiger partial charge in [0.25, 0.3) is 6.34 Å². The summed E-state index contributed by atoms with van der Waals surface area (Å²) in [7, 11) is 8.81. The van der Waals surface area contributed by atoms with Gasteiger partial charge in [0.15, 0.2) is 17.2 Å². The second kappa shape index (κ2) is 46.9. The first kappa shape index (κ1) is 77.8. The van der Waals surface area contributed by atoms with Crippen molar-refractivity contribution in [3.8, 4) is 23.0 Å². The third-order valence-corrected chi connectivity index (χ3v) is 14.5. The van der Waals surface area contributed by atoms with Gasteiger partial charge >= 0.3 is 63.9 Å². The summed E-state index contributed by atoms with van der Waals surface area (Å²) < 4.78 is 99.6. The molecule has 0 fully saturated rings. The zero-order valence-corrected chi connectivity index (χ0v) is 61.5. The summed E-state index contributed by atoms with van der Waals surface area (Å²) in [6, 6.07) is 42.3. The van der Waals surface area contributed by atoms with Crippen LogP contribution in [-0.4, -0.2) is 210 Å². The standard InChI is InChI=1S/C69H91N4O16.2Au.2BrH/c1-73(53-57-16-10-7-11-17-57)55-72(63-48-67(88-44-40-84-36-32-80-28-24-76-4)68(49-64(63)73)89-45-41-85-37-33-81-29-25-77-5)52-60-21-13-19-58-18-12-20-59(69(58)60)51-71-54-70(50-56-14-8-6-9-15-56)61-46-65(86-42-38-82-34-30-78-26-22-74-2)66(47-62(61)71)87-43-39-83-35-31-79-27-23-75-3;;;;/h6-21,46-49H,22-45,50-53H2,1-5H3;;;2*1H/q3*+1;;/p-2. The van der Waals surface area contributed by atoms with Crippen molar-refractivity contribution >= 4 is 65.6 Å². The zero-order chi connectivity index (χ0) is 66.0. The fourth-order valence-corrected chi connectivity index (χ4v) is 10.2. The molecular weight excluding hydrogens is 1690 g/mol. The fraction of sp³-hybridized carbons (Fsp3) is 0.478. The summed E-state index contributed by atoms with van der Waals surface area (Å²) in [6.45, 7) is 12.5. The molecule has 8 rings (SSSR count). The van der Waals surface area contributed by atoms with Crippen LogP contribution in [0.5, 0.6) is 23.0 Å². The Labute approximate surface area is 586 Å². The van der Waals surface area contributed by atoms with Crippen LogP contribution in [0.3, 0.4) is 0 Å². The van der Waals surface area contributed by atoms with Crippen LogP contribution in [0.4, 0.5) is 11.4 Å². The molecule has 0 saturated heterocycles. The second-order valence-electron chi connectivity index (χ2n) is 21.1. The van der Waals surface area contributed by atoms with Gasteiger partial charge in [-0.15, -0.1) is 0 Å². The number of hydrogen-bond acceptors (Lipinski definition) is 16. The summed E-state index contributed by atoms with van der Waals surface area (Å²) in [6.07, 6.45) is 7.73. The van der Waals surface area contributed by atoms with Gasteiger partial charge in [0.1, 0.15) is 56.6 Å². The first-order chi connectivity index (χ1) is 45.9. The molecule has 0 N–H and O–H groups in total. The number of rotatable bonds is 48. The number of quaternary nitrogens is 1. The quantitative estimate of drug-likeness (QED) is 0.0117. The van der Waals surface area contributed by atoms with E-state index in [1.807, 2.05) is 18.2 Å². The van der Waals surface area contributed by atoms with E-state index in [0.29, 0.717) is 206 Å². The molecule has 7 aromatic rings. The van der Waals surface area contributed by atoms with Crippen molar-refractivity contribution in [1.29, 1.82) is 0 Å². The summed E-state index contributed by atoms with van der Waals surface area (Å²) in [5.41, 5.74) is 8.36. The molecule has 93 heavy (non-hydrogen) atoms. The minimum atomic E-state index is 0.289. The molecule has 518 valence electrons. The predicted octanol–water partition coefficient (Wildman–Crippen LogP) is 9.80. The van der Waals surface area contributed by atoms with Crippen LogP contribution in [0.25, 0.3) is 21.8 Å². The molecule has 6 aromatic carbocycles. The van der Waals surface area contributed by atoms with Crippen molar-refractivity contribution in [2.24, 2.45) is 0 Å². The van der Waals surface area contributed by atoms with E-state index < -0.39 is 0 Å². The average molecular weight is 1790 g/mol. The van der Waals surface area contributed by atoms with Gasteiger partial charge in [-0.1, -0.05) is 97.1 Å². The zero-order valence-electron chi connectivity index (χ0n) is 54.0. The Morgan fingerprint density at radius 3 is 1.28 bits per heavy atom. The van der Waals surface area contributed by atoms with Crippen molar-refractivity contribution in [3.63, 3.8) is 0 Å². The topological polar surface area (TPSA) is 160 Å². The Bertz CT molecular complexity index is 3190.